The van der Waals surface area contributed by atoms with Gasteiger partial charge >= 0.3 is 0 Å². The van der Waals surface area contributed by atoms with E-state index in [-0.39, 0.29) is 24.2 Å². The minimum atomic E-state index is -0.397. The number of hydrogen-bond donors (Lipinski definition) is 1. The van der Waals surface area contributed by atoms with Gasteiger partial charge in [0.15, 0.2) is 0 Å². The fraction of sp³-hybridized carbons (Fsp3) is 0.611. The van der Waals surface area contributed by atoms with E-state index in [2.05, 4.69) is 0 Å². The summed E-state index contributed by atoms with van der Waals surface area (Å²) < 4.78 is 0. The molecule has 0 saturated carbocycles. The Morgan fingerprint density at radius 2 is 1.92 bits per heavy atom. The molecule has 1 unspecified atom stereocenters. The van der Waals surface area contributed by atoms with Gasteiger partial charge in [-0.1, -0.05) is 0 Å². The number of nitrogens with zero attached hydrogens (tertiary/aromatic N) is 3. The Bertz CT molecular complexity index is 641. The molecule has 25 heavy (non-hydrogen) atoms. The predicted octanol–water partition coefficient (Wildman–Crippen LogP) is 2.57. The summed E-state index contributed by atoms with van der Waals surface area (Å²) in [5.74, 6) is -0.172. The quantitative estimate of drug-likeness (QED) is 0.653. The summed E-state index contributed by atoms with van der Waals surface area (Å²) in [6.07, 6.45) is 5.48. The van der Waals surface area contributed by atoms with Crippen LogP contribution >= 0.6 is 0 Å². The molecule has 1 N–H and O–H groups in total. The van der Waals surface area contributed by atoms with Crippen molar-refractivity contribution in [1.29, 1.82) is 0 Å². The number of anilines is 1. The van der Waals surface area contributed by atoms with Crippen molar-refractivity contribution in [2.75, 3.05) is 31.1 Å². The van der Waals surface area contributed by atoms with Crippen molar-refractivity contribution in [2.45, 2.75) is 44.6 Å². The third kappa shape index (κ3) is 3.76. The zero-order valence-corrected chi connectivity index (χ0v) is 14.4. The lowest BCUT2D eigenvalue weighted by Gasteiger charge is -2.35. The van der Waals surface area contributed by atoms with Crippen LogP contribution in [0.25, 0.3) is 0 Å². The maximum absolute atomic E-state index is 12.9. The maximum Gasteiger partial charge on any atom is 0.293 e. The number of nitro groups is 1. The van der Waals surface area contributed by atoms with Crippen LogP contribution < -0.4 is 4.90 Å². The molecule has 3 rings (SSSR count). The Kier molecular flexibility index (Phi) is 5.53. The average molecular weight is 347 g/mol. The van der Waals surface area contributed by atoms with Crippen molar-refractivity contribution in [3.05, 3.63) is 33.9 Å². The van der Waals surface area contributed by atoms with E-state index in [9.17, 15) is 20.0 Å². The first-order valence-electron chi connectivity index (χ1n) is 9.07. The van der Waals surface area contributed by atoms with E-state index in [0.29, 0.717) is 24.2 Å². The average Bonchev–Trinajstić information content (AvgIpc) is 3.16. The topological polar surface area (TPSA) is 86.9 Å². The van der Waals surface area contributed by atoms with Gasteiger partial charge in [0, 0.05) is 43.9 Å². The summed E-state index contributed by atoms with van der Waals surface area (Å²) >= 11 is 0. The molecule has 136 valence electrons. The minimum Gasteiger partial charge on any atom is -0.396 e. The van der Waals surface area contributed by atoms with Gasteiger partial charge in [-0.3, -0.25) is 14.9 Å². The number of carbonyl (C=O) groups is 1. The van der Waals surface area contributed by atoms with Gasteiger partial charge in [-0.2, -0.15) is 0 Å². The minimum absolute atomic E-state index is 0.00321. The summed E-state index contributed by atoms with van der Waals surface area (Å²) in [7, 11) is 0. The fourth-order valence-corrected chi connectivity index (χ4v) is 3.91. The summed E-state index contributed by atoms with van der Waals surface area (Å²) in [5, 5.41) is 20.7. The number of aliphatic hydroxyl groups is 1. The zero-order valence-electron chi connectivity index (χ0n) is 14.4. The van der Waals surface area contributed by atoms with Crippen molar-refractivity contribution >= 4 is 17.3 Å². The summed E-state index contributed by atoms with van der Waals surface area (Å²) in [4.78, 5) is 27.8. The standard InChI is InChI=1S/C18H25N3O4/c22-12-8-15-5-1-2-11-20(15)18(23)14-6-7-16(17(13-14)21(24)25)19-9-3-4-10-19/h6-7,13,15,22H,1-5,8-12H2. The molecule has 0 bridgehead atoms. The largest absolute Gasteiger partial charge is 0.396 e. The molecule has 7 heteroatoms. The van der Waals surface area contributed by atoms with Crippen molar-refractivity contribution in [3.63, 3.8) is 0 Å². The molecule has 2 heterocycles. The molecule has 0 radical (unpaired) electrons. The van der Waals surface area contributed by atoms with Crippen molar-refractivity contribution < 1.29 is 14.8 Å². The van der Waals surface area contributed by atoms with Gasteiger partial charge in [-0.05, 0) is 50.7 Å². The Balaban J connectivity index is 1.87. The smallest absolute Gasteiger partial charge is 0.293 e. The van der Waals surface area contributed by atoms with Gasteiger partial charge < -0.3 is 14.9 Å². The second-order valence-corrected chi connectivity index (χ2v) is 6.82. The monoisotopic (exact) mass is 347 g/mol. The molecule has 1 aromatic rings. The second-order valence-electron chi connectivity index (χ2n) is 6.82. The molecule has 2 aliphatic rings. The third-order valence-electron chi connectivity index (χ3n) is 5.22. The van der Waals surface area contributed by atoms with Crippen LogP contribution in [-0.2, 0) is 0 Å². The van der Waals surface area contributed by atoms with Gasteiger partial charge in [-0.25, -0.2) is 0 Å². The highest BCUT2D eigenvalue weighted by Crippen LogP contribution is 2.32. The number of benzene rings is 1. The zero-order chi connectivity index (χ0) is 17.8. The fourth-order valence-electron chi connectivity index (χ4n) is 3.91. The highest BCUT2D eigenvalue weighted by molar-refractivity contribution is 5.96. The number of rotatable bonds is 5. The van der Waals surface area contributed by atoms with Gasteiger partial charge in [0.2, 0.25) is 0 Å². The molecule has 1 atom stereocenters. The van der Waals surface area contributed by atoms with Crippen LogP contribution in [0.15, 0.2) is 18.2 Å². The summed E-state index contributed by atoms with van der Waals surface area (Å²) in [6, 6.07) is 4.85. The van der Waals surface area contributed by atoms with Crippen LogP contribution in [0.1, 0.15) is 48.9 Å². The lowest BCUT2D eigenvalue weighted by atomic mass is 9.98. The highest BCUT2D eigenvalue weighted by Gasteiger charge is 2.29. The van der Waals surface area contributed by atoms with Crippen LogP contribution in [0.5, 0.6) is 0 Å². The lowest BCUT2D eigenvalue weighted by Crippen LogP contribution is -2.44. The number of nitro benzene ring substituents is 1. The molecule has 0 aliphatic carbocycles. The third-order valence-corrected chi connectivity index (χ3v) is 5.22. The number of carbonyl (C=O) groups excluding carboxylic acids is 1. The van der Waals surface area contributed by atoms with Gasteiger partial charge in [-0.15, -0.1) is 0 Å². The van der Waals surface area contributed by atoms with Crippen LogP contribution in [-0.4, -0.2) is 53.1 Å². The SMILES string of the molecule is O=C(c1ccc(N2CCCC2)c([N+](=O)[O-])c1)N1CCCCC1CCO. The van der Waals surface area contributed by atoms with Crippen LogP contribution in [0, 0.1) is 10.1 Å². The molecule has 2 fully saturated rings. The van der Waals surface area contributed by atoms with Crippen molar-refractivity contribution in [2.24, 2.45) is 0 Å². The van der Waals surface area contributed by atoms with Crippen LogP contribution in [0.3, 0.4) is 0 Å². The predicted molar refractivity (Wildman–Crippen MR) is 94.9 cm³/mol. The number of likely N-dealkylation sites (tertiary alicyclic amines) is 1. The molecule has 2 aliphatic heterocycles. The number of aliphatic hydroxyl groups excluding tert-OH is 1. The first-order chi connectivity index (χ1) is 12.1. The maximum atomic E-state index is 12.9. The van der Waals surface area contributed by atoms with E-state index >= 15 is 0 Å². The van der Waals surface area contributed by atoms with E-state index in [0.717, 1.165) is 45.2 Å². The van der Waals surface area contributed by atoms with Crippen molar-refractivity contribution in [3.8, 4) is 0 Å². The first kappa shape index (κ1) is 17.7. The van der Waals surface area contributed by atoms with E-state index in [4.69, 9.17) is 0 Å². The van der Waals surface area contributed by atoms with Gasteiger partial charge in [0.1, 0.15) is 5.69 Å². The second kappa shape index (κ2) is 7.82. The summed E-state index contributed by atoms with van der Waals surface area (Å²) in [5.41, 5.74) is 0.965. The lowest BCUT2D eigenvalue weighted by molar-refractivity contribution is -0.384. The van der Waals surface area contributed by atoms with E-state index < -0.39 is 4.92 Å². The Morgan fingerprint density at radius 3 is 2.60 bits per heavy atom. The highest BCUT2D eigenvalue weighted by atomic mass is 16.6. The molecular weight excluding hydrogens is 322 g/mol. The molecule has 1 aromatic carbocycles. The Labute approximate surface area is 147 Å². The van der Waals surface area contributed by atoms with Gasteiger partial charge in [0.05, 0.1) is 4.92 Å². The Hall–Kier alpha value is -2.15. The summed E-state index contributed by atoms with van der Waals surface area (Å²) in [6.45, 7) is 2.32. The van der Waals surface area contributed by atoms with Crippen LogP contribution in [0.4, 0.5) is 11.4 Å². The number of hydrogen-bond acceptors (Lipinski definition) is 5. The molecule has 2 saturated heterocycles. The number of piperidine rings is 1. The molecule has 0 spiro atoms. The molecule has 0 aromatic heterocycles. The molecule has 7 nitrogen and oxygen atoms in total. The van der Waals surface area contributed by atoms with Gasteiger partial charge in [0.25, 0.3) is 11.6 Å². The molecule has 1 amide bonds. The normalized spacial score (nSPS) is 20.8. The van der Waals surface area contributed by atoms with Crippen molar-refractivity contribution in [1.82, 2.24) is 4.90 Å². The Morgan fingerprint density at radius 1 is 1.20 bits per heavy atom. The first-order valence-corrected chi connectivity index (χ1v) is 9.07. The van der Waals surface area contributed by atoms with Crippen LogP contribution in [0.2, 0.25) is 0 Å². The van der Waals surface area contributed by atoms with E-state index in [1.807, 2.05) is 4.90 Å². The number of amides is 1. The van der Waals surface area contributed by atoms with E-state index in [1.165, 1.54) is 6.07 Å². The molecular formula is C18H25N3O4. The van der Waals surface area contributed by atoms with E-state index in [1.54, 1.807) is 17.0 Å².